The van der Waals surface area contributed by atoms with Crippen molar-refractivity contribution in [3.63, 3.8) is 0 Å². The molecule has 0 heteroatoms. The van der Waals surface area contributed by atoms with Gasteiger partial charge in [-0.1, -0.05) is 51.1 Å². The molecule has 0 bridgehead atoms. The van der Waals surface area contributed by atoms with Gasteiger partial charge in [0.2, 0.25) is 0 Å². The lowest BCUT2D eigenvalue weighted by Crippen LogP contribution is -1.98. The fraction of sp³-hybridized carbons (Fsp3) is 0.385. The second-order valence-corrected chi connectivity index (χ2v) is 3.81. The summed E-state index contributed by atoms with van der Waals surface area (Å²) in [6.45, 7) is 10.5. The van der Waals surface area contributed by atoms with Gasteiger partial charge in [-0.25, -0.2) is 0 Å². The fourth-order valence-corrected chi connectivity index (χ4v) is 1.58. The molecule has 0 aliphatic heterocycles. The van der Waals surface area contributed by atoms with E-state index in [0.717, 1.165) is 0 Å². The lowest BCUT2D eigenvalue weighted by molar-refractivity contribution is 0.823. The quantitative estimate of drug-likeness (QED) is 0.605. The second-order valence-electron chi connectivity index (χ2n) is 3.81. The first-order valence-corrected chi connectivity index (χ1v) is 4.88. The van der Waals surface area contributed by atoms with Crippen molar-refractivity contribution in [2.45, 2.75) is 32.6 Å². The third-order valence-corrected chi connectivity index (χ3v) is 2.46. The van der Waals surface area contributed by atoms with Crippen LogP contribution in [-0.4, -0.2) is 0 Å². The molecule has 1 unspecified atom stereocenters. The van der Waals surface area contributed by atoms with Crippen molar-refractivity contribution in [3.05, 3.63) is 48.0 Å². The van der Waals surface area contributed by atoms with Crippen molar-refractivity contribution in [2.24, 2.45) is 0 Å². The summed E-state index contributed by atoms with van der Waals surface area (Å²) in [6, 6.07) is 8.61. The third-order valence-electron chi connectivity index (χ3n) is 2.46. The summed E-state index contributed by atoms with van der Waals surface area (Å²) in [5.74, 6) is 1.05. The summed E-state index contributed by atoms with van der Waals surface area (Å²) < 4.78 is 0. The van der Waals surface area contributed by atoms with Crippen LogP contribution < -0.4 is 0 Å². The predicted molar refractivity (Wildman–Crippen MR) is 59.1 cm³/mol. The molecule has 0 saturated heterocycles. The molecular formula is C13H18. The highest BCUT2D eigenvalue weighted by Gasteiger charge is 2.08. The van der Waals surface area contributed by atoms with E-state index in [1.165, 1.54) is 11.1 Å². The largest absolute Gasteiger partial charge is 0.102 e. The smallest absolute Gasteiger partial charge is 0.00103 e. The van der Waals surface area contributed by atoms with Gasteiger partial charge in [0.05, 0.1) is 0 Å². The number of allylic oxidation sites excluding steroid dienone is 1. The van der Waals surface area contributed by atoms with Crippen LogP contribution >= 0.6 is 0 Å². The molecule has 0 saturated carbocycles. The molecule has 0 nitrogen and oxygen atoms in total. The predicted octanol–water partition coefficient (Wildman–Crippen LogP) is 4.10. The minimum absolute atomic E-state index is 0.457. The maximum Gasteiger partial charge on any atom is -0.00103 e. The highest BCUT2D eigenvalue weighted by molar-refractivity contribution is 5.34. The average Bonchev–Trinajstić information content (AvgIpc) is 2.16. The first-order chi connectivity index (χ1) is 6.16. The molecule has 0 fully saturated rings. The van der Waals surface area contributed by atoms with E-state index in [9.17, 15) is 0 Å². The molecule has 0 N–H and O–H groups in total. The number of hydrogen-bond donors (Lipinski definition) is 0. The van der Waals surface area contributed by atoms with E-state index in [4.69, 9.17) is 0 Å². The summed E-state index contributed by atoms with van der Waals surface area (Å²) in [5.41, 5.74) is 2.85. The molecule has 0 heterocycles. The van der Waals surface area contributed by atoms with Crippen molar-refractivity contribution in [2.75, 3.05) is 0 Å². The van der Waals surface area contributed by atoms with E-state index in [-0.39, 0.29) is 0 Å². The Labute approximate surface area is 81.3 Å². The number of benzene rings is 1. The maximum absolute atomic E-state index is 3.84. The van der Waals surface area contributed by atoms with Crippen LogP contribution in [0.1, 0.15) is 43.7 Å². The Kier molecular flexibility index (Phi) is 3.30. The summed E-state index contributed by atoms with van der Waals surface area (Å²) in [6.07, 6.45) is 2.00. The Morgan fingerprint density at radius 1 is 1.08 bits per heavy atom. The minimum Gasteiger partial charge on any atom is -0.102 e. The van der Waals surface area contributed by atoms with Crippen LogP contribution in [0.15, 0.2) is 36.9 Å². The van der Waals surface area contributed by atoms with Crippen LogP contribution in [0.3, 0.4) is 0 Å². The van der Waals surface area contributed by atoms with Crippen molar-refractivity contribution in [1.29, 1.82) is 0 Å². The van der Waals surface area contributed by atoms with Gasteiger partial charge in [-0.05, 0) is 23.0 Å². The first kappa shape index (κ1) is 10.0. The average molecular weight is 174 g/mol. The molecule has 1 aromatic rings. The van der Waals surface area contributed by atoms with Crippen LogP contribution in [0.4, 0.5) is 0 Å². The Bertz CT molecular complexity index is 284. The SMILES string of the molecule is C=CC(C)c1ccccc1C(C)C. The molecule has 0 spiro atoms. The number of hydrogen-bond acceptors (Lipinski definition) is 0. The normalized spacial score (nSPS) is 12.9. The molecular weight excluding hydrogens is 156 g/mol. The van der Waals surface area contributed by atoms with Crippen LogP contribution in [-0.2, 0) is 0 Å². The van der Waals surface area contributed by atoms with Gasteiger partial charge in [0.15, 0.2) is 0 Å². The fourth-order valence-electron chi connectivity index (χ4n) is 1.58. The van der Waals surface area contributed by atoms with E-state index >= 15 is 0 Å². The standard InChI is InChI=1S/C13H18/c1-5-11(4)13-9-7-6-8-12(13)10(2)3/h5-11H,1H2,2-4H3. The van der Waals surface area contributed by atoms with Crippen LogP contribution in [0.2, 0.25) is 0 Å². The summed E-state index contributed by atoms with van der Waals surface area (Å²) in [7, 11) is 0. The molecule has 0 radical (unpaired) electrons. The molecule has 0 aliphatic carbocycles. The monoisotopic (exact) mass is 174 g/mol. The Hall–Kier alpha value is -1.04. The van der Waals surface area contributed by atoms with Gasteiger partial charge in [0, 0.05) is 0 Å². The highest BCUT2D eigenvalue weighted by atomic mass is 14.1. The van der Waals surface area contributed by atoms with Gasteiger partial charge in [-0.3, -0.25) is 0 Å². The van der Waals surface area contributed by atoms with E-state index in [1.807, 2.05) is 6.08 Å². The zero-order valence-corrected chi connectivity index (χ0v) is 8.75. The van der Waals surface area contributed by atoms with E-state index in [2.05, 4.69) is 51.6 Å². The lowest BCUT2D eigenvalue weighted by atomic mass is 9.90. The van der Waals surface area contributed by atoms with Crippen LogP contribution in [0.25, 0.3) is 0 Å². The summed E-state index contributed by atoms with van der Waals surface area (Å²) >= 11 is 0. The van der Waals surface area contributed by atoms with Crippen molar-refractivity contribution in [3.8, 4) is 0 Å². The molecule has 0 aromatic heterocycles. The van der Waals surface area contributed by atoms with Gasteiger partial charge in [0.25, 0.3) is 0 Å². The highest BCUT2D eigenvalue weighted by Crippen LogP contribution is 2.26. The molecule has 1 atom stereocenters. The van der Waals surface area contributed by atoms with E-state index in [0.29, 0.717) is 11.8 Å². The van der Waals surface area contributed by atoms with Crippen molar-refractivity contribution >= 4 is 0 Å². The summed E-state index contributed by atoms with van der Waals surface area (Å²) in [5, 5.41) is 0. The number of rotatable bonds is 3. The van der Waals surface area contributed by atoms with Crippen LogP contribution in [0, 0.1) is 0 Å². The Balaban J connectivity index is 3.11. The maximum atomic E-state index is 3.84. The van der Waals surface area contributed by atoms with Gasteiger partial charge in [-0.15, -0.1) is 6.58 Å². The minimum atomic E-state index is 0.457. The first-order valence-electron chi connectivity index (χ1n) is 4.88. The van der Waals surface area contributed by atoms with E-state index in [1.54, 1.807) is 0 Å². The van der Waals surface area contributed by atoms with Gasteiger partial charge < -0.3 is 0 Å². The lowest BCUT2D eigenvalue weighted by Gasteiger charge is -2.15. The molecule has 13 heavy (non-hydrogen) atoms. The van der Waals surface area contributed by atoms with Gasteiger partial charge in [-0.2, -0.15) is 0 Å². The second kappa shape index (κ2) is 4.27. The third kappa shape index (κ3) is 2.21. The van der Waals surface area contributed by atoms with Crippen molar-refractivity contribution in [1.82, 2.24) is 0 Å². The van der Waals surface area contributed by atoms with Crippen LogP contribution in [0.5, 0.6) is 0 Å². The topological polar surface area (TPSA) is 0 Å². The van der Waals surface area contributed by atoms with Crippen molar-refractivity contribution < 1.29 is 0 Å². The van der Waals surface area contributed by atoms with Gasteiger partial charge in [0.1, 0.15) is 0 Å². The van der Waals surface area contributed by atoms with Gasteiger partial charge >= 0.3 is 0 Å². The molecule has 70 valence electrons. The summed E-state index contributed by atoms with van der Waals surface area (Å²) in [4.78, 5) is 0. The zero-order valence-electron chi connectivity index (χ0n) is 8.75. The molecule has 1 rings (SSSR count). The molecule has 0 aliphatic rings. The molecule has 0 amide bonds. The van der Waals surface area contributed by atoms with E-state index < -0.39 is 0 Å². The Morgan fingerprint density at radius 2 is 1.62 bits per heavy atom. The Morgan fingerprint density at radius 3 is 2.08 bits per heavy atom. The zero-order chi connectivity index (χ0) is 9.84. The molecule has 1 aromatic carbocycles.